The van der Waals surface area contributed by atoms with E-state index in [0.29, 0.717) is 23.7 Å². The predicted molar refractivity (Wildman–Crippen MR) is 123 cm³/mol. The van der Waals surface area contributed by atoms with E-state index in [0.717, 1.165) is 33.4 Å². The molecule has 5 rings (SSSR count). The first kappa shape index (κ1) is 20.7. The van der Waals surface area contributed by atoms with Gasteiger partial charge in [-0.15, -0.1) is 0 Å². The summed E-state index contributed by atoms with van der Waals surface area (Å²) in [7, 11) is -1.60. The number of hydrogen-bond donors (Lipinski definition) is 3. The van der Waals surface area contributed by atoms with Gasteiger partial charge in [-0.3, -0.25) is 4.68 Å². The van der Waals surface area contributed by atoms with Crippen molar-refractivity contribution in [3.05, 3.63) is 54.1 Å². The van der Waals surface area contributed by atoms with Gasteiger partial charge in [0.05, 0.1) is 28.2 Å². The van der Waals surface area contributed by atoms with E-state index in [1.54, 1.807) is 16.9 Å². The second-order valence-electron chi connectivity index (χ2n) is 8.45. The largest absolute Gasteiger partial charge is 0.362 e. The van der Waals surface area contributed by atoms with Crippen molar-refractivity contribution in [2.75, 3.05) is 11.9 Å². The van der Waals surface area contributed by atoms with E-state index in [-0.39, 0.29) is 12.0 Å². The van der Waals surface area contributed by atoms with Crippen LogP contribution in [0.2, 0.25) is 0 Å². The summed E-state index contributed by atoms with van der Waals surface area (Å²) in [4.78, 5) is 12.6. The van der Waals surface area contributed by atoms with Crippen LogP contribution in [-0.4, -0.2) is 39.7 Å². The third kappa shape index (κ3) is 3.65. The van der Waals surface area contributed by atoms with Gasteiger partial charge in [0.1, 0.15) is 17.8 Å². The zero-order chi connectivity index (χ0) is 22.5. The Hall–Kier alpha value is -3.24. The fraction of sp³-hybridized carbons (Fsp3) is 0.318. The van der Waals surface area contributed by atoms with Gasteiger partial charge >= 0.3 is 0 Å². The zero-order valence-corrected chi connectivity index (χ0v) is 18.9. The van der Waals surface area contributed by atoms with E-state index in [2.05, 4.69) is 43.9 Å². The van der Waals surface area contributed by atoms with Gasteiger partial charge in [-0.2, -0.15) is 5.10 Å². The van der Waals surface area contributed by atoms with Crippen molar-refractivity contribution in [3.63, 3.8) is 0 Å². The molecule has 1 aromatic carbocycles. The number of benzene rings is 1. The molecule has 0 saturated heterocycles. The summed E-state index contributed by atoms with van der Waals surface area (Å²) in [6.07, 6.45) is 5.95. The van der Waals surface area contributed by atoms with E-state index in [4.69, 9.17) is 0 Å². The van der Waals surface area contributed by atoms with Crippen molar-refractivity contribution >= 4 is 26.9 Å². The lowest BCUT2D eigenvalue weighted by molar-refractivity contribution is 0.541. The summed E-state index contributed by atoms with van der Waals surface area (Å²) in [6, 6.07) is 7.59. The summed E-state index contributed by atoms with van der Waals surface area (Å²) in [6.45, 7) is 4.63. The number of nitrogens with one attached hydrogen (secondary N) is 3. The lowest BCUT2D eigenvalue weighted by Gasteiger charge is -2.26. The summed E-state index contributed by atoms with van der Waals surface area (Å²) in [5.41, 5.74) is 4.35. The molecule has 0 radical (unpaired) electrons. The highest BCUT2D eigenvalue weighted by molar-refractivity contribution is 7.89. The first-order chi connectivity index (χ1) is 15.3. The minimum absolute atomic E-state index is 0.132. The molecule has 0 amide bonds. The molecule has 1 aliphatic heterocycles. The Morgan fingerprint density at radius 1 is 1.19 bits per heavy atom. The maximum absolute atomic E-state index is 12.5. The molecule has 0 bridgehead atoms. The van der Waals surface area contributed by atoms with Gasteiger partial charge in [-0.05, 0) is 35.6 Å². The molecule has 0 unspecified atom stereocenters. The van der Waals surface area contributed by atoms with E-state index in [1.807, 2.05) is 31.4 Å². The van der Waals surface area contributed by atoms with Gasteiger partial charge in [0.2, 0.25) is 10.0 Å². The topological polar surface area (TPSA) is 118 Å². The second kappa shape index (κ2) is 7.72. The molecule has 166 valence electrons. The van der Waals surface area contributed by atoms with Gasteiger partial charge in [-0.25, -0.2) is 23.1 Å². The molecule has 9 nitrogen and oxygen atoms in total. The third-order valence-corrected chi connectivity index (χ3v) is 7.37. The summed E-state index contributed by atoms with van der Waals surface area (Å²) in [5, 5.41) is 8.63. The van der Waals surface area contributed by atoms with Crippen LogP contribution in [-0.2, 0) is 23.5 Å². The van der Waals surface area contributed by atoms with Crippen LogP contribution in [0.5, 0.6) is 0 Å². The van der Waals surface area contributed by atoms with Crippen LogP contribution < -0.4 is 10.0 Å². The number of nitrogens with zero attached hydrogens (tertiary/aromatic N) is 4. The van der Waals surface area contributed by atoms with Crippen molar-refractivity contribution in [1.82, 2.24) is 29.5 Å². The van der Waals surface area contributed by atoms with Gasteiger partial charge in [0.25, 0.3) is 0 Å². The lowest BCUT2D eigenvalue weighted by atomic mass is 9.94. The first-order valence-corrected chi connectivity index (χ1v) is 12.0. The number of fused-ring (bicyclic) bond motifs is 2. The number of sulfonamides is 1. The fourth-order valence-electron chi connectivity index (χ4n) is 4.17. The Kier molecular flexibility index (Phi) is 4.98. The highest BCUT2D eigenvalue weighted by atomic mass is 32.2. The van der Waals surface area contributed by atoms with Crippen molar-refractivity contribution in [2.45, 2.75) is 31.2 Å². The van der Waals surface area contributed by atoms with E-state index < -0.39 is 10.0 Å². The maximum atomic E-state index is 12.5. The Morgan fingerprint density at radius 3 is 2.78 bits per heavy atom. The molecule has 1 aliphatic rings. The van der Waals surface area contributed by atoms with Gasteiger partial charge in [-0.1, -0.05) is 26.0 Å². The monoisotopic (exact) mass is 451 g/mol. The SMILES string of the molecule is CC(C)[C@H](Nc1ncnc2[nH]c(-c3cnn(C)c3)cc12)c1ccc2c(c1)S(=O)(=O)NCC2. The predicted octanol–water partition coefficient (Wildman–Crippen LogP) is 3.00. The van der Waals surface area contributed by atoms with E-state index in [1.165, 1.54) is 6.33 Å². The van der Waals surface area contributed by atoms with Crippen LogP contribution in [0.15, 0.2) is 47.9 Å². The summed E-state index contributed by atoms with van der Waals surface area (Å²) in [5.74, 6) is 0.882. The van der Waals surface area contributed by atoms with Crippen molar-refractivity contribution < 1.29 is 8.42 Å². The average Bonchev–Trinajstić information content (AvgIpc) is 3.38. The van der Waals surface area contributed by atoms with Gasteiger partial charge in [0.15, 0.2) is 0 Å². The molecule has 0 aliphatic carbocycles. The van der Waals surface area contributed by atoms with Gasteiger partial charge in [0, 0.05) is 25.4 Å². The molecular formula is C22H25N7O2S. The zero-order valence-electron chi connectivity index (χ0n) is 18.1. The first-order valence-electron chi connectivity index (χ1n) is 10.5. The molecule has 4 heterocycles. The fourth-order valence-corrected chi connectivity index (χ4v) is 5.50. The van der Waals surface area contributed by atoms with Crippen molar-refractivity contribution in [2.24, 2.45) is 13.0 Å². The standard InChI is InChI=1S/C22H25N7O2S/c1-13(2)20(15-5-4-14-6-7-26-32(30,31)19(14)8-15)28-22-17-9-18(16-10-25-29(3)11-16)27-21(17)23-12-24-22/h4-5,8-13,20,26H,6-7H2,1-3H3,(H2,23,24,27,28)/t20-/m0/s1. The number of aromatic nitrogens is 5. The van der Waals surface area contributed by atoms with Crippen LogP contribution >= 0.6 is 0 Å². The Bertz CT molecular complexity index is 1400. The number of aromatic amines is 1. The minimum Gasteiger partial charge on any atom is -0.362 e. The molecule has 1 atom stereocenters. The Morgan fingerprint density at radius 2 is 2.03 bits per heavy atom. The molecule has 3 aromatic heterocycles. The molecule has 3 N–H and O–H groups in total. The highest BCUT2D eigenvalue weighted by Crippen LogP contribution is 2.33. The van der Waals surface area contributed by atoms with Gasteiger partial charge < -0.3 is 10.3 Å². The molecule has 10 heteroatoms. The molecule has 0 fully saturated rings. The molecule has 0 spiro atoms. The Balaban J connectivity index is 1.53. The van der Waals surface area contributed by atoms with Crippen LogP contribution in [0, 0.1) is 5.92 Å². The third-order valence-electron chi connectivity index (χ3n) is 5.83. The summed E-state index contributed by atoms with van der Waals surface area (Å²) < 4.78 is 29.4. The van der Waals surface area contributed by atoms with Crippen LogP contribution in [0.25, 0.3) is 22.3 Å². The van der Waals surface area contributed by atoms with Crippen LogP contribution in [0.1, 0.15) is 31.0 Å². The van der Waals surface area contributed by atoms with Crippen molar-refractivity contribution in [3.8, 4) is 11.3 Å². The number of aryl methyl sites for hydroxylation is 1. The normalized spacial score (nSPS) is 16.2. The molecule has 4 aromatic rings. The second-order valence-corrected chi connectivity index (χ2v) is 10.2. The Labute approximate surface area is 186 Å². The van der Waals surface area contributed by atoms with Crippen LogP contribution in [0.3, 0.4) is 0 Å². The lowest BCUT2D eigenvalue weighted by Crippen LogP contribution is -2.32. The summed E-state index contributed by atoms with van der Waals surface area (Å²) >= 11 is 0. The quantitative estimate of drug-likeness (QED) is 0.429. The average molecular weight is 452 g/mol. The molecule has 32 heavy (non-hydrogen) atoms. The minimum atomic E-state index is -3.47. The van der Waals surface area contributed by atoms with E-state index in [9.17, 15) is 8.42 Å². The smallest absolute Gasteiger partial charge is 0.240 e. The number of rotatable bonds is 5. The van der Waals surface area contributed by atoms with Crippen LogP contribution in [0.4, 0.5) is 5.82 Å². The number of hydrogen-bond acceptors (Lipinski definition) is 6. The molecular weight excluding hydrogens is 426 g/mol. The molecule has 0 saturated carbocycles. The maximum Gasteiger partial charge on any atom is 0.240 e. The van der Waals surface area contributed by atoms with Crippen molar-refractivity contribution in [1.29, 1.82) is 0 Å². The number of H-pyrrole nitrogens is 1. The van der Waals surface area contributed by atoms with E-state index >= 15 is 0 Å². The number of anilines is 1. The highest BCUT2D eigenvalue weighted by Gasteiger charge is 2.26.